The summed E-state index contributed by atoms with van der Waals surface area (Å²) in [6.07, 6.45) is 1.31. The molecule has 0 saturated heterocycles. The maximum absolute atomic E-state index is 11.5. The first-order valence-electron chi connectivity index (χ1n) is 5.89. The van der Waals surface area contributed by atoms with Crippen molar-refractivity contribution >= 4 is 35.1 Å². The van der Waals surface area contributed by atoms with Gasteiger partial charge in [0, 0.05) is 41.9 Å². The van der Waals surface area contributed by atoms with Crippen molar-refractivity contribution in [2.24, 2.45) is 4.99 Å². The van der Waals surface area contributed by atoms with Crippen LogP contribution in [0.5, 0.6) is 11.5 Å². The summed E-state index contributed by atoms with van der Waals surface area (Å²) in [4.78, 5) is 3.96. The Balaban J connectivity index is -0.000000684. The smallest absolute Gasteiger partial charge is 0.0566 e. The van der Waals surface area contributed by atoms with Crippen LogP contribution >= 0.6 is 23.2 Å². The van der Waals surface area contributed by atoms with Crippen molar-refractivity contribution in [3.63, 3.8) is 0 Å². The molecule has 0 fully saturated rings. The van der Waals surface area contributed by atoms with Gasteiger partial charge in [-0.15, -0.1) is 0 Å². The molecule has 133 valence electrons. The van der Waals surface area contributed by atoms with Gasteiger partial charge in [-0.05, 0) is 29.8 Å². The predicted octanol–water partition coefficient (Wildman–Crippen LogP) is 1.35. The number of hydrogen-bond acceptors (Lipinski definition) is 5. The maximum atomic E-state index is 11.5. The van der Waals surface area contributed by atoms with Crippen LogP contribution in [0.3, 0.4) is 0 Å². The SMILES string of the molecule is CO.C[O-].[O-2].[O-]c1ccc(Cl)cc1C=Nc1cc(Cl)ccc1[O-].[V]. The van der Waals surface area contributed by atoms with Gasteiger partial charge in [-0.25, -0.2) is 0 Å². The normalized spacial score (nSPS) is 8.75. The van der Waals surface area contributed by atoms with Crippen LogP contribution in [0.4, 0.5) is 5.69 Å². The first kappa shape index (κ1) is 27.6. The second kappa shape index (κ2) is 15.3. The number of aliphatic hydroxyl groups is 1. The van der Waals surface area contributed by atoms with Gasteiger partial charge in [0.25, 0.3) is 0 Å². The number of aliphatic imine (C=N–C) groups is 1. The third-order valence-electron chi connectivity index (χ3n) is 2.24. The van der Waals surface area contributed by atoms with Crippen molar-refractivity contribution in [3.8, 4) is 11.5 Å². The van der Waals surface area contributed by atoms with Crippen molar-refractivity contribution in [2.45, 2.75) is 0 Å². The second-order valence-corrected chi connectivity index (χ2v) is 4.43. The molecular weight excluding hydrogens is 396 g/mol. The van der Waals surface area contributed by atoms with E-state index in [4.69, 9.17) is 33.4 Å². The van der Waals surface area contributed by atoms with E-state index in [9.17, 15) is 10.2 Å². The molecule has 0 saturated carbocycles. The van der Waals surface area contributed by atoms with E-state index < -0.39 is 0 Å². The number of benzene rings is 2. The van der Waals surface area contributed by atoms with Crippen LogP contribution in [-0.4, -0.2) is 25.5 Å². The van der Waals surface area contributed by atoms with Gasteiger partial charge in [-0.1, -0.05) is 46.8 Å². The fourth-order valence-electron chi connectivity index (χ4n) is 1.35. The average Bonchev–Trinajstić information content (AvgIpc) is 2.55. The zero-order chi connectivity index (χ0) is 17.1. The van der Waals surface area contributed by atoms with Crippen LogP contribution in [0.15, 0.2) is 41.4 Å². The molecular formula is C15H14Cl2NO5V-5. The Hall–Kier alpha value is -1.25. The van der Waals surface area contributed by atoms with Gasteiger partial charge in [0.15, 0.2) is 0 Å². The van der Waals surface area contributed by atoms with E-state index in [-0.39, 0.29) is 41.2 Å². The van der Waals surface area contributed by atoms with Crippen LogP contribution in [0.2, 0.25) is 10.0 Å². The molecule has 0 aliphatic rings. The molecule has 0 bridgehead atoms. The number of halogens is 2. The van der Waals surface area contributed by atoms with Crippen molar-refractivity contribution in [1.29, 1.82) is 0 Å². The molecule has 6 nitrogen and oxygen atoms in total. The Kier molecular flexibility index (Phi) is 17.6. The zero-order valence-corrected chi connectivity index (χ0v) is 15.7. The number of hydrogen-bond donors (Lipinski definition) is 1. The van der Waals surface area contributed by atoms with Gasteiger partial charge in [0.2, 0.25) is 0 Å². The minimum atomic E-state index is -0.259. The van der Waals surface area contributed by atoms with Crippen molar-refractivity contribution in [2.75, 3.05) is 14.2 Å². The molecule has 0 aliphatic carbocycles. The van der Waals surface area contributed by atoms with E-state index in [0.717, 1.165) is 14.2 Å². The molecule has 2 aromatic carbocycles. The van der Waals surface area contributed by atoms with Crippen LogP contribution in [-0.2, 0) is 24.0 Å². The fourth-order valence-corrected chi connectivity index (χ4v) is 1.70. The van der Waals surface area contributed by atoms with Crippen molar-refractivity contribution in [1.82, 2.24) is 0 Å². The quantitative estimate of drug-likeness (QED) is 0.749. The second-order valence-electron chi connectivity index (χ2n) is 3.55. The van der Waals surface area contributed by atoms with Crippen LogP contribution in [0, 0.1) is 0 Å². The Bertz CT molecular complexity index is 573. The zero-order valence-electron chi connectivity index (χ0n) is 12.8. The third-order valence-corrected chi connectivity index (χ3v) is 2.71. The molecule has 2 rings (SSSR count). The summed E-state index contributed by atoms with van der Waals surface area (Å²) in [5.41, 5.74) is 0.503. The molecule has 0 amide bonds. The van der Waals surface area contributed by atoms with Gasteiger partial charge >= 0.3 is 0 Å². The third kappa shape index (κ3) is 9.15. The summed E-state index contributed by atoms with van der Waals surface area (Å²) in [5.74, 6) is -0.470. The van der Waals surface area contributed by atoms with Gasteiger partial charge in [0.1, 0.15) is 0 Å². The Labute approximate surface area is 162 Å². The minimum Gasteiger partial charge on any atom is -2.00 e. The Morgan fingerprint density at radius 3 is 1.92 bits per heavy atom. The monoisotopic (exact) mass is 409 g/mol. The van der Waals surface area contributed by atoms with E-state index in [1.54, 1.807) is 0 Å². The van der Waals surface area contributed by atoms with Gasteiger partial charge in [-0.2, -0.15) is 7.11 Å². The minimum absolute atomic E-state index is 0. The van der Waals surface area contributed by atoms with E-state index in [1.807, 2.05) is 0 Å². The number of nitrogens with zero attached hydrogens (tertiary/aromatic N) is 1. The molecule has 0 aromatic heterocycles. The molecule has 1 radical (unpaired) electrons. The van der Waals surface area contributed by atoms with Crippen molar-refractivity contribution in [3.05, 3.63) is 52.0 Å². The molecule has 9 heteroatoms. The maximum Gasteiger partial charge on any atom is 0.0566 e. The van der Waals surface area contributed by atoms with Gasteiger partial charge < -0.3 is 25.9 Å². The molecule has 0 spiro atoms. The van der Waals surface area contributed by atoms with Crippen LogP contribution in [0.1, 0.15) is 5.56 Å². The summed E-state index contributed by atoms with van der Waals surface area (Å²) in [6, 6.07) is 8.59. The summed E-state index contributed by atoms with van der Waals surface area (Å²) in [5, 5.41) is 39.1. The first-order chi connectivity index (χ1) is 10.6. The van der Waals surface area contributed by atoms with E-state index in [1.165, 1.54) is 42.6 Å². The summed E-state index contributed by atoms with van der Waals surface area (Å²) < 4.78 is 0. The van der Waals surface area contributed by atoms with Crippen LogP contribution in [0.25, 0.3) is 0 Å². The molecule has 1 N–H and O–H groups in total. The predicted molar refractivity (Wildman–Crippen MR) is 83.8 cm³/mol. The first-order valence-corrected chi connectivity index (χ1v) is 6.64. The molecule has 0 atom stereocenters. The summed E-state index contributed by atoms with van der Waals surface area (Å²) in [6.45, 7) is 0. The fraction of sp³-hybridized carbons (Fsp3) is 0.133. The summed E-state index contributed by atoms with van der Waals surface area (Å²) >= 11 is 11.5. The molecule has 0 aliphatic heterocycles. The number of aliphatic hydroxyl groups excluding tert-OH is 1. The molecule has 0 heterocycles. The molecule has 24 heavy (non-hydrogen) atoms. The summed E-state index contributed by atoms with van der Waals surface area (Å²) in [7, 11) is 1.75. The topological polar surface area (TPSA) is 130 Å². The average molecular weight is 410 g/mol. The van der Waals surface area contributed by atoms with E-state index >= 15 is 0 Å². The van der Waals surface area contributed by atoms with E-state index in [0.29, 0.717) is 15.6 Å². The van der Waals surface area contributed by atoms with Crippen molar-refractivity contribution < 1.29 is 44.5 Å². The van der Waals surface area contributed by atoms with Crippen LogP contribution < -0.4 is 15.3 Å². The molecule has 0 unspecified atom stereocenters. The largest absolute Gasteiger partial charge is 2.00 e. The van der Waals surface area contributed by atoms with E-state index in [2.05, 4.69) is 4.99 Å². The number of rotatable bonds is 2. The molecule has 2 aromatic rings. The standard InChI is InChI=1S/C13H9Cl2NO2.CH4O.CH3O.O.V/c14-9-1-3-12(17)8(5-9)7-16-11-6-10(15)2-4-13(11)18;2*1-2;;/h1-7,17-18H;2H,1H3;1H3;;/q;;-1;-2;/p-2. The van der Waals surface area contributed by atoms with Gasteiger partial charge in [0.05, 0.1) is 5.69 Å². The van der Waals surface area contributed by atoms with Gasteiger partial charge in [-0.3, -0.25) is 4.99 Å². The Morgan fingerprint density at radius 1 is 0.917 bits per heavy atom. The Morgan fingerprint density at radius 2 is 1.38 bits per heavy atom.